The van der Waals surface area contributed by atoms with Crippen LogP contribution in [-0.2, 0) is 24.2 Å². The van der Waals surface area contributed by atoms with E-state index >= 15 is 0 Å². The Hall–Kier alpha value is -1.67. The topological polar surface area (TPSA) is 89.5 Å². The van der Waals surface area contributed by atoms with Crippen molar-refractivity contribution in [3.8, 4) is 0 Å². The van der Waals surface area contributed by atoms with Crippen LogP contribution in [-0.4, -0.2) is 43.9 Å². The summed E-state index contributed by atoms with van der Waals surface area (Å²) in [6, 6.07) is 6.92. The Bertz CT molecular complexity index is 742. The largest absolute Gasteiger partial charge is 0.449 e. The molecule has 0 bridgehead atoms. The molecule has 0 aromatic heterocycles. The number of sulfone groups is 1. The van der Waals surface area contributed by atoms with E-state index in [1.807, 2.05) is 24.3 Å². The second-order valence-corrected chi connectivity index (χ2v) is 8.72. The lowest BCUT2D eigenvalue weighted by Crippen LogP contribution is -2.42. The Kier molecular flexibility index (Phi) is 6.17. The summed E-state index contributed by atoms with van der Waals surface area (Å²) in [5, 5.41) is 2.60. The molecule has 8 heteroatoms. The Morgan fingerprint density at radius 2 is 2.00 bits per heavy atom. The minimum absolute atomic E-state index is 0.0666. The van der Waals surface area contributed by atoms with Gasteiger partial charge < -0.3 is 10.1 Å². The maximum atomic E-state index is 11.9. The minimum Gasteiger partial charge on any atom is -0.449 e. The zero-order valence-corrected chi connectivity index (χ0v) is 15.5. The van der Waals surface area contributed by atoms with Gasteiger partial charge in [0.2, 0.25) is 0 Å². The normalized spacial score (nSPS) is 20.7. The summed E-state index contributed by atoms with van der Waals surface area (Å²) in [5.41, 5.74) is 0.823. The SMILES string of the molecule is C[C@@H](OC(=O)/C=C/c1ccc(Br)cc1)C(=O)N[C@H]1CCS(=O)(=O)C1. The molecule has 1 aliphatic rings. The molecule has 1 fully saturated rings. The molecule has 0 aliphatic carbocycles. The molecule has 1 heterocycles. The number of nitrogens with one attached hydrogen (secondary N) is 1. The molecule has 0 saturated carbocycles. The van der Waals surface area contributed by atoms with Gasteiger partial charge in [-0.3, -0.25) is 4.79 Å². The molecule has 0 radical (unpaired) electrons. The Labute approximate surface area is 149 Å². The van der Waals surface area contributed by atoms with E-state index < -0.39 is 33.9 Å². The fourth-order valence-corrected chi connectivity index (χ4v) is 4.17. The number of esters is 1. The molecule has 0 spiro atoms. The number of carbonyl (C=O) groups excluding carboxylic acids is 2. The highest BCUT2D eigenvalue weighted by molar-refractivity contribution is 9.10. The first-order valence-corrected chi connectivity index (χ1v) is 10.0. The number of benzene rings is 1. The van der Waals surface area contributed by atoms with E-state index in [2.05, 4.69) is 21.2 Å². The molecule has 1 amide bonds. The van der Waals surface area contributed by atoms with E-state index in [0.717, 1.165) is 10.0 Å². The van der Waals surface area contributed by atoms with E-state index in [0.29, 0.717) is 6.42 Å². The molecule has 2 rings (SSSR count). The number of hydrogen-bond acceptors (Lipinski definition) is 5. The highest BCUT2D eigenvalue weighted by atomic mass is 79.9. The molecule has 1 aromatic rings. The van der Waals surface area contributed by atoms with Gasteiger partial charge in [-0.1, -0.05) is 28.1 Å². The molecular weight excluding hydrogens is 398 g/mol. The van der Waals surface area contributed by atoms with Crippen LogP contribution in [0.2, 0.25) is 0 Å². The third-order valence-corrected chi connectivity index (χ3v) is 5.82. The minimum atomic E-state index is -3.07. The van der Waals surface area contributed by atoms with Gasteiger partial charge in [0, 0.05) is 16.6 Å². The summed E-state index contributed by atoms with van der Waals surface area (Å²) in [4.78, 5) is 23.7. The summed E-state index contributed by atoms with van der Waals surface area (Å²) in [6.45, 7) is 1.45. The van der Waals surface area contributed by atoms with Crippen LogP contribution in [0.3, 0.4) is 0 Å². The molecule has 1 aliphatic heterocycles. The lowest BCUT2D eigenvalue weighted by molar-refractivity contribution is -0.150. The van der Waals surface area contributed by atoms with Crippen LogP contribution >= 0.6 is 15.9 Å². The summed E-state index contributed by atoms with van der Waals surface area (Å²) < 4.78 is 28.7. The van der Waals surface area contributed by atoms with Gasteiger partial charge in [-0.2, -0.15) is 0 Å². The van der Waals surface area contributed by atoms with E-state index in [9.17, 15) is 18.0 Å². The van der Waals surface area contributed by atoms with Gasteiger partial charge in [-0.25, -0.2) is 13.2 Å². The average Bonchev–Trinajstić information content (AvgIpc) is 2.85. The van der Waals surface area contributed by atoms with Crippen LogP contribution in [0.5, 0.6) is 0 Å². The maximum Gasteiger partial charge on any atom is 0.331 e. The average molecular weight is 416 g/mol. The number of amides is 1. The van der Waals surface area contributed by atoms with Gasteiger partial charge in [-0.05, 0) is 37.1 Å². The zero-order valence-electron chi connectivity index (χ0n) is 13.1. The lowest BCUT2D eigenvalue weighted by atomic mass is 10.2. The second kappa shape index (κ2) is 7.94. The van der Waals surface area contributed by atoms with Crippen LogP contribution in [0.25, 0.3) is 6.08 Å². The maximum absolute atomic E-state index is 11.9. The smallest absolute Gasteiger partial charge is 0.331 e. The molecule has 1 saturated heterocycles. The van der Waals surface area contributed by atoms with Crippen molar-refractivity contribution in [2.75, 3.05) is 11.5 Å². The Balaban J connectivity index is 1.82. The highest BCUT2D eigenvalue weighted by Gasteiger charge is 2.30. The van der Waals surface area contributed by atoms with Crippen molar-refractivity contribution in [2.45, 2.75) is 25.5 Å². The lowest BCUT2D eigenvalue weighted by Gasteiger charge is -2.15. The summed E-state index contributed by atoms with van der Waals surface area (Å²) in [7, 11) is -3.07. The molecule has 6 nitrogen and oxygen atoms in total. The first kappa shape index (κ1) is 18.7. The van der Waals surface area contributed by atoms with Crippen LogP contribution in [0, 0.1) is 0 Å². The van der Waals surface area contributed by atoms with Gasteiger partial charge >= 0.3 is 5.97 Å². The van der Waals surface area contributed by atoms with Crippen LogP contribution < -0.4 is 5.32 Å². The standard InChI is InChI=1S/C16H18BrNO5S/c1-11(16(20)18-14-8-9-24(21,22)10-14)23-15(19)7-4-12-2-5-13(17)6-3-12/h2-7,11,14H,8-10H2,1H3,(H,18,20)/b7-4+/t11-,14+/m1/s1. The van der Waals surface area contributed by atoms with Crippen LogP contribution in [0.1, 0.15) is 18.9 Å². The van der Waals surface area contributed by atoms with Crippen molar-refractivity contribution in [2.24, 2.45) is 0 Å². The fourth-order valence-electron chi connectivity index (χ4n) is 2.23. The predicted octanol–water partition coefficient (Wildman–Crippen LogP) is 1.70. The summed E-state index contributed by atoms with van der Waals surface area (Å²) >= 11 is 3.32. The first-order valence-electron chi connectivity index (χ1n) is 7.40. The van der Waals surface area contributed by atoms with Gasteiger partial charge in [-0.15, -0.1) is 0 Å². The zero-order chi connectivity index (χ0) is 17.7. The number of carbonyl (C=O) groups is 2. The first-order chi connectivity index (χ1) is 11.2. The summed E-state index contributed by atoms with van der Waals surface area (Å²) in [5.74, 6) is -1.13. The molecule has 0 unspecified atom stereocenters. The number of hydrogen-bond donors (Lipinski definition) is 1. The molecule has 130 valence electrons. The number of rotatable bonds is 5. The van der Waals surface area contributed by atoms with Crippen molar-refractivity contribution in [1.82, 2.24) is 5.32 Å². The van der Waals surface area contributed by atoms with Gasteiger partial charge in [0.15, 0.2) is 15.9 Å². The molecule has 2 atom stereocenters. The van der Waals surface area contributed by atoms with Crippen molar-refractivity contribution in [3.05, 3.63) is 40.4 Å². The van der Waals surface area contributed by atoms with Crippen molar-refractivity contribution < 1.29 is 22.7 Å². The predicted molar refractivity (Wildman–Crippen MR) is 93.9 cm³/mol. The van der Waals surface area contributed by atoms with Gasteiger partial charge in [0.05, 0.1) is 11.5 Å². The van der Waals surface area contributed by atoms with E-state index in [1.54, 1.807) is 6.08 Å². The monoisotopic (exact) mass is 415 g/mol. The quantitative estimate of drug-likeness (QED) is 0.583. The molecule has 24 heavy (non-hydrogen) atoms. The van der Waals surface area contributed by atoms with E-state index in [4.69, 9.17) is 4.74 Å². The molecule has 1 aromatic carbocycles. The van der Waals surface area contributed by atoms with Crippen molar-refractivity contribution >= 4 is 43.7 Å². The number of halogens is 1. The van der Waals surface area contributed by atoms with E-state index in [-0.39, 0.29) is 11.5 Å². The van der Waals surface area contributed by atoms with Crippen LogP contribution in [0.4, 0.5) is 0 Å². The molecular formula is C16H18BrNO5S. The third-order valence-electron chi connectivity index (χ3n) is 3.52. The van der Waals surface area contributed by atoms with Gasteiger partial charge in [0.1, 0.15) is 0 Å². The van der Waals surface area contributed by atoms with E-state index in [1.165, 1.54) is 13.0 Å². The Morgan fingerprint density at radius 3 is 2.58 bits per heavy atom. The highest BCUT2D eigenvalue weighted by Crippen LogP contribution is 2.13. The third kappa shape index (κ3) is 5.76. The number of ether oxygens (including phenoxy) is 1. The Morgan fingerprint density at radius 1 is 1.33 bits per heavy atom. The van der Waals surface area contributed by atoms with Gasteiger partial charge in [0.25, 0.3) is 5.91 Å². The van der Waals surface area contributed by atoms with Crippen molar-refractivity contribution in [1.29, 1.82) is 0 Å². The summed E-state index contributed by atoms with van der Waals surface area (Å²) in [6.07, 6.45) is 2.23. The van der Waals surface area contributed by atoms with Crippen molar-refractivity contribution in [3.63, 3.8) is 0 Å². The second-order valence-electron chi connectivity index (χ2n) is 5.57. The fraction of sp³-hybridized carbons (Fsp3) is 0.375. The molecule has 1 N–H and O–H groups in total. The van der Waals surface area contributed by atoms with Crippen LogP contribution in [0.15, 0.2) is 34.8 Å².